The van der Waals surface area contributed by atoms with E-state index in [-0.39, 0.29) is 18.4 Å². The molecule has 1 amide bonds. The molecule has 0 saturated heterocycles. The Morgan fingerprint density at radius 1 is 1.58 bits per heavy atom. The molecule has 1 atom stereocenters. The minimum atomic E-state index is -0.186. The Bertz CT molecular complexity index is 625. The van der Waals surface area contributed by atoms with Crippen molar-refractivity contribution < 1.29 is 4.79 Å². The summed E-state index contributed by atoms with van der Waals surface area (Å²) in [6.45, 7) is 3.73. The summed E-state index contributed by atoms with van der Waals surface area (Å²) in [6.07, 6.45) is 1.97. The molecule has 4 nitrogen and oxygen atoms in total. The molecule has 19 heavy (non-hydrogen) atoms. The number of amides is 1. The first kappa shape index (κ1) is 13.8. The van der Waals surface area contributed by atoms with E-state index in [1.165, 1.54) is 0 Å². The summed E-state index contributed by atoms with van der Waals surface area (Å²) in [4.78, 5) is 16.1. The van der Waals surface area contributed by atoms with E-state index in [1.807, 2.05) is 19.1 Å². The van der Waals surface area contributed by atoms with Crippen molar-refractivity contribution in [3.05, 3.63) is 35.0 Å². The molecular formula is C14H16ClN3O. The maximum Gasteiger partial charge on any atom is 0.225 e. The zero-order valence-corrected chi connectivity index (χ0v) is 11.7. The number of anilines is 1. The average molecular weight is 278 g/mol. The number of nitrogens with one attached hydrogen (secondary N) is 1. The van der Waals surface area contributed by atoms with Crippen LogP contribution in [0.1, 0.15) is 18.9 Å². The molecule has 0 aliphatic carbocycles. The predicted molar refractivity (Wildman–Crippen MR) is 78.4 cm³/mol. The highest BCUT2D eigenvalue weighted by molar-refractivity contribution is 6.35. The van der Waals surface area contributed by atoms with Gasteiger partial charge in [-0.15, -0.1) is 0 Å². The fourth-order valence-electron chi connectivity index (χ4n) is 1.99. The van der Waals surface area contributed by atoms with Gasteiger partial charge >= 0.3 is 0 Å². The second-order valence-corrected chi connectivity index (χ2v) is 5.09. The van der Waals surface area contributed by atoms with Crippen molar-refractivity contribution in [2.75, 3.05) is 5.32 Å². The summed E-state index contributed by atoms with van der Waals surface area (Å²) in [7, 11) is 0. The van der Waals surface area contributed by atoms with Crippen LogP contribution in [0.3, 0.4) is 0 Å². The molecule has 0 aliphatic heterocycles. The molecule has 0 saturated carbocycles. The molecule has 0 bridgehead atoms. The number of halogens is 1. The third kappa shape index (κ3) is 3.03. The maximum atomic E-state index is 11.8. The standard InChI is InChI=1S/C14H16ClN3O/c1-8-6-11(15)14(18-12(19)7-9(2)16)10-4-3-5-17-13(8)10/h3-6,9H,7,16H2,1-2H3,(H,18,19). The summed E-state index contributed by atoms with van der Waals surface area (Å²) >= 11 is 6.22. The number of carbonyl (C=O) groups excluding carboxylic acids is 1. The van der Waals surface area contributed by atoms with E-state index in [0.717, 1.165) is 16.5 Å². The predicted octanol–water partition coefficient (Wildman–Crippen LogP) is 2.87. The van der Waals surface area contributed by atoms with Gasteiger partial charge in [-0.2, -0.15) is 0 Å². The van der Waals surface area contributed by atoms with Crippen molar-refractivity contribution in [2.24, 2.45) is 5.73 Å². The molecule has 2 aromatic rings. The number of nitrogens with zero attached hydrogens (tertiary/aromatic N) is 1. The van der Waals surface area contributed by atoms with Crippen LogP contribution in [0.25, 0.3) is 10.9 Å². The first-order valence-corrected chi connectivity index (χ1v) is 6.46. The van der Waals surface area contributed by atoms with Crippen LogP contribution < -0.4 is 11.1 Å². The Hall–Kier alpha value is -1.65. The van der Waals surface area contributed by atoms with Gasteiger partial charge in [-0.1, -0.05) is 11.6 Å². The average Bonchev–Trinajstić information content (AvgIpc) is 2.33. The number of nitrogens with two attached hydrogens (primary N) is 1. The second kappa shape index (κ2) is 5.55. The van der Waals surface area contributed by atoms with Gasteiger partial charge in [0.1, 0.15) is 0 Å². The van der Waals surface area contributed by atoms with Gasteiger partial charge in [-0.3, -0.25) is 9.78 Å². The molecule has 1 heterocycles. The molecular weight excluding hydrogens is 262 g/mol. The van der Waals surface area contributed by atoms with Crippen LogP contribution in [-0.2, 0) is 4.79 Å². The first-order valence-electron chi connectivity index (χ1n) is 6.08. The lowest BCUT2D eigenvalue weighted by molar-refractivity contribution is -0.116. The number of carbonyl (C=O) groups is 1. The Morgan fingerprint density at radius 2 is 2.32 bits per heavy atom. The summed E-state index contributed by atoms with van der Waals surface area (Å²) in [5.74, 6) is -0.147. The van der Waals surface area contributed by atoms with Crippen molar-refractivity contribution in [1.82, 2.24) is 4.98 Å². The zero-order valence-electron chi connectivity index (χ0n) is 10.9. The number of pyridine rings is 1. The Morgan fingerprint density at radius 3 is 3.00 bits per heavy atom. The minimum Gasteiger partial charge on any atom is -0.327 e. The number of fused-ring (bicyclic) bond motifs is 1. The van der Waals surface area contributed by atoms with Crippen LogP contribution in [0.15, 0.2) is 24.4 Å². The third-order valence-electron chi connectivity index (χ3n) is 2.80. The topological polar surface area (TPSA) is 68.0 Å². The van der Waals surface area contributed by atoms with Gasteiger partial charge in [-0.25, -0.2) is 0 Å². The largest absolute Gasteiger partial charge is 0.327 e. The number of hydrogen-bond donors (Lipinski definition) is 2. The van der Waals surface area contributed by atoms with Gasteiger partial charge in [0, 0.05) is 24.0 Å². The summed E-state index contributed by atoms with van der Waals surface area (Å²) in [6, 6.07) is 5.33. The number of aryl methyl sites for hydroxylation is 1. The lowest BCUT2D eigenvalue weighted by Gasteiger charge is -2.13. The molecule has 0 radical (unpaired) electrons. The fraction of sp³-hybridized carbons (Fsp3) is 0.286. The minimum absolute atomic E-state index is 0.147. The molecule has 1 aromatic heterocycles. The molecule has 2 rings (SSSR count). The van der Waals surface area contributed by atoms with E-state index < -0.39 is 0 Å². The van der Waals surface area contributed by atoms with Gasteiger partial charge < -0.3 is 11.1 Å². The fourth-order valence-corrected chi connectivity index (χ4v) is 2.30. The van der Waals surface area contributed by atoms with Crippen molar-refractivity contribution in [3.8, 4) is 0 Å². The van der Waals surface area contributed by atoms with Crippen LogP contribution in [0.5, 0.6) is 0 Å². The van der Waals surface area contributed by atoms with Gasteiger partial charge in [0.25, 0.3) is 0 Å². The van der Waals surface area contributed by atoms with E-state index in [9.17, 15) is 4.79 Å². The number of rotatable bonds is 3. The second-order valence-electron chi connectivity index (χ2n) is 4.68. The summed E-state index contributed by atoms with van der Waals surface area (Å²) in [5.41, 5.74) is 8.03. The van der Waals surface area contributed by atoms with Crippen molar-refractivity contribution in [1.29, 1.82) is 0 Å². The highest BCUT2D eigenvalue weighted by Gasteiger charge is 2.13. The van der Waals surface area contributed by atoms with Crippen LogP contribution in [-0.4, -0.2) is 16.9 Å². The summed E-state index contributed by atoms with van der Waals surface area (Å²) < 4.78 is 0. The van der Waals surface area contributed by atoms with Gasteiger partial charge in [0.2, 0.25) is 5.91 Å². The molecule has 5 heteroatoms. The molecule has 100 valence electrons. The van der Waals surface area contributed by atoms with Crippen molar-refractivity contribution >= 4 is 34.1 Å². The number of aromatic nitrogens is 1. The van der Waals surface area contributed by atoms with Crippen LogP contribution in [0.2, 0.25) is 5.02 Å². The van der Waals surface area contributed by atoms with E-state index >= 15 is 0 Å². The van der Waals surface area contributed by atoms with Crippen LogP contribution in [0.4, 0.5) is 5.69 Å². The van der Waals surface area contributed by atoms with Crippen LogP contribution in [0, 0.1) is 6.92 Å². The first-order chi connectivity index (χ1) is 8.99. The number of benzene rings is 1. The summed E-state index contributed by atoms with van der Waals surface area (Å²) in [5, 5.41) is 4.17. The molecule has 0 fully saturated rings. The molecule has 0 aliphatic rings. The van der Waals surface area contributed by atoms with Crippen molar-refractivity contribution in [2.45, 2.75) is 26.3 Å². The monoisotopic (exact) mass is 277 g/mol. The highest BCUT2D eigenvalue weighted by atomic mass is 35.5. The van der Waals surface area contributed by atoms with E-state index in [2.05, 4.69) is 10.3 Å². The maximum absolute atomic E-state index is 11.8. The molecule has 3 N–H and O–H groups in total. The number of hydrogen-bond acceptors (Lipinski definition) is 3. The van der Waals surface area contributed by atoms with Gasteiger partial charge in [0.15, 0.2) is 0 Å². The molecule has 1 aromatic carbocycles. The van der Waals surface area contributed by atoms with Crippen molar-refractivity contribution in [3.63, 3.8) is 0 Å². The third-order valence-corrected chi connectivity index (χ3v) is 3.10. The quantitative estimate of drug-likeness (QED) is 0.906. The van der Waals surface area contributed by atoms with Crippen LogP contribution >= 0.6 is 11.6 Å². The molecule has 0 spiro atoms. The van der Waals surface area contributed by atoms with E-state index in [0.29, 0.717) is 10.7 Å². The smallest absolute Gasteiger partial charge is 0.225 e. The SMILES string of the molecule is Cc1cc(Cl)c(NC(=O)CC(C)N)c2cccnc12. The Labute approximate surface area is 117 Å². The molecule has 1 unspecified atom stereocenters. The Balaban J connectivity index is 2.45. The Kier molecular flexibility index (Phi) is 4.02. The van der Waals surface area contributed by atoms with E-state index in [4.69, 9.17) is 17.3 Å². The zero-order chi connectivity index (χ0) is 14.0. The van der Waals surface area contributed by atoms with E-state index in [1.54, 1.807) is 19.2 Å². The van der Waals surface area contributed by atoms with Gasteiger partial charge in [-0.05, 0) is 37.6 Å². The van der Waals surface area contributed by atoms with Gasteiger partial charge in [0.05, 0.1) is 16.2 Å². The lowest BCUT2D eigenvalue weighted by Crippen LogP contribution is -2.24. The normalized spacial score (nSPS) is 12.4. The lowest BCUT2D eigenvalue weighted by atomic mass is 10.1. The highest BCUT2D eigenvalue weighted by Crippen LogP contribution is 2.32.